The molecule has 144 valence electrons. The van der Waals surface area contributed by atoms with Gasteiger partial charge in [-0.3, -0.25) is 14.3 Å². The standard InChI is InChI=1S/C21H16ClN5OS/c22-17-10-4-5-11-18(17)24-19(28)14-29-21-26-25-20(15-7-6-12-23-13-15)27(21)16-8-2-1-3-9-16/h1-13H,14H2,(H,24,28). The summed E-state index contributed by atoms with van der Waals surface area (Å²) in [6, 6.07) is 20.7. The topological polar surface area (TPSA) is 72.7 Å². The first-order chi connectivity index (χ1) is 14.2. The molecule has 0 bridgehead atoms. The van der Waals surface area contributed by atoms with E-state index in [1.165, 1.54) is 11.8 Å². The average molecular weight is 422 g/mol. The minimum absolute atomic E-state index is 0.170. The van der Waals surface area contributed by atoms with Crippen LogP contribution in [0.5, 0.6) is 0 Å². The van der Waals surface area contributed by atoms with Crippen LogP contribution >= 0.6 is 23.4 Å². The highest BCUT2D eigenvalue weighted by Gasteiger charge is 2.17. The molecule has 0 unspecified atom stereocenters. The maximum absolute atomic E-state index is 12.4. The number of carbonyl (C=O) groups is 1. The molecule has 2 aromatic carbocycles. The Morgan fingerprint density at radius 1 is 1.00 bits per heavy atom. The van der Waals surface area contributed by atoms with Crippen LogP contribution in [-0.4, -0.2) is 31.4 Å². The lowest BCUT2D eigenvalue weighted by Gasteiger charge is -2.10. The molecule has 2 heterocycles. The molecule has 2 aromatic heterocycles. The molecule has 0 atom stereocenters. The fourth-order valence-electron chi connectivity index (χ4n) is 2.73. The van der Waals surface area contributed by atoms with Gasteiger partial charge in [0.25, 0.3) is 0 Å². The van der Waals surface area contributed by atoms with E-state index in [2.05, 4.69) is 20.5 Å². The van der Waals surface area contributed by atoms with Gasteiger partial charge in [-0.25, -0.2) is 0 Å². The van der Waals surface area contributed by atoms with Gasteiger partial charge in [0.1, 0.15) is 0 Å². The van der Waals surface area contributed by atoms with Crippen molar-refractivity contribution in [1.82, 2.24) is 19.7 Å². The molecule has 0 fully saturated rings. The van der Waals surface area contributed by atoms with Crippen molar-refractivity contribution in [2.45, 2.75) is 5.16 Å². The third-order valence-electron chi connectivity index (χ3n) is 4.05. The molecule has 6 nitrogen and oxygen atoms in total. The summed E-state index contributed by atoms with van der Waals surface area (Å²) in [4.78, 5) is 16.6. The molecule has 0 spiro atoms. The van der Waals surface area contributed by atoms with E-state index in [-0.39, 0.29) is 11.7 Å². The Balaban J connectivity index is 1.58. The van der Waals surface area contributed by atoms with Gasteiger partial charge in [0.05, 0.1) is 16.5 Å². The Hall–Kier alpha value is -3.16. The first kappa shape index (κ1) is 19.2. The molecule has 0 aliphatic carbocycles. The van der Waals surface area contributed by atoms with E-state index in [1.54, 1.807) is 24.5 Å². The van der Waals surface area contributed by atoms with E-state index < -0.39 is 0 Å². The minimum Gasteiger partial charge on any atom is -0.324 e. The largest absolute Gasteiger partial charge is 0.324 e. The van der Waals surface area contributed by atoms with Gasteiger partial charge >= 0.3 is 0 Å². The zero-order valence-corrected chi connectivity index (χ0v) is 16.8. The Bertz CT molecular complexity index is 1120. The highest BCUT2D eigenvalue weighted by atomic mass is 35.5. The number of para-hydroxylation sites is 2. The zero-order valence-electron chi connectivity index (χ0n) is 15.2. The Morgan fingerprint density at radius 2 is 1.79 bits per heavy atom. The van der Waals surface area contributed by atoms with Gasteiger partial charge in [0, 0.05) is 23.6 Å². The van der Waals surface area contributed by atoms with Gasteiger partial charge in [0.2, 0.25) is 5.91 Å². The molecule has 29 heavy (non-hydrogen) atoms. The fraction of sp³-hybridized carbons (Fsp3) is 0.0476. The van der Waals surface area contributed by atoms with Crippen LogP contribution in [0.15, 0.2) is 84.3 Å². The summed E-state index contributed by atoms with van der Waals surface area (Å²) >= 11 is 7.41. The molecule has 1 N–H and O–H groups in total. The first-order valence-electron chi connectivity index (χ1n) is 8.81. The van der Waals surface area contributed by atoms with Crippen molar-refractivity contribution >= 4 is 35.0 Å². The third-order valence-corrected chi connectivity index (χ3v) is 5.31. The summed E-state index contributed by atoms with van der Waals surface area (Å²) in [5.41, 5.74) is 2.34. The second-order valence-electron chi connectivity index (χ2n) is 6.04. The second kappa shape index (κ2) is 8.89. The van der Waals surface area contributed by atoms with Crippen LogP contribution in [0.1, 0.15) is 0 Å². The summed E-state index contributed by atoms with van der Waals surface area (Å²) in [5.74, 6) is 0.662. The lowest BCUT2D eigenvalue weighted by molar-refractivity contribution is -0.113. The number of halogens is 1. The number of carbonyl (C=O) groups excluding carboxylic acids is 1. The number of benzene rings is 2. The van der Waals surface area contributed by atoms with Crippen molar-refractivity contribution in [1.29, 1.82) is 0 Å². The SMILES string of the molecule is O=C(CSc1nnc(-c2cccnc2)n1-c1ccccc1)Nc1ccccc1Cl. The fourth-order valence-corrected chi connectivity index (χ4v) is 3.67. The van der Waals surface area contributed by atoms with Crippen LogP contribution in [0, 0.1) is 0 Å². The molecule has 0 aliphatic rings. The van der Waals surface area contributed by atoms with Crippen LogP contribution in [0.25, 0.3) is 17.1 Å². The molecule has 0 radical (unpaired) electrons. The van der Waals surface area contributed by atoms with Gasteiger partial charge in [-0.2, -0.15) is 0 Å². The number of anilines is 1. The highest BCUT2D eigenvalue weighted by molar-refractivity contribution is 7.99. The number of pyridine rings is 1. The zero-order chi connectivity index (χ0) is 20.1. The second-order valence-corrected chi connectivity index (χ2v) is 7.39. The van der Waals surface area contributed by atoms with Gasteiger partial charge < -0.3 is 5.32 Å². The van der Waals surface area contributed by atoms with Crippen LogP contribution < -0.4 is 5.32 Å². The van der Waals surface area contributed by atoms with Crippen molar-refractivity contribution < 1.29 is 4.79 Å². The maximum atomic E-state index is 12.4. The highest BCUT2D eigenvalue weighted by Crippen LogP contribution is 2.28. The minimum atomic E-state index is -0.173. The Labute approximate surface area is 177 Å². The lowest BCUT2D eigenvalue weighted by Crippen LogP contribution is -2.14. The van der Waals surface area contributed by atoms with E-state index in [9.17, 15) is 4.79 Å². The van der Waals surface area contributed by atoms with Crippen LogP contribution in [0.3, 0.4) is 0 Å². The van der Waals surface area contributed by atoms with E-state index in [0.29, 0.717) is 21.7 Å². The number of amides is 1. The molecular weight excluding hydrogens is 406 g/mol. The van der Waals surface area contributed by atoms with Crippen molar-refractivity contribution in [2.75, 3.05) is 11.1 Å². The molecule has 0 saturated carbocycles. The van der Waals surface area contributed by atoms with Crippen LogP contribution in [-0.2, 0) is 4.79 Å². The van der Waals surface area contributed by atoms with E-state index in [4.69, 9.17) is 11.6 Å². The molecule has 0 aliphatic heterocycles. The normalized spacial score (nSPS) is 10.7. The van der Waals surface area contributed by atoms with Gasteiger partial charge in [-0.1, -0.05) is 53.7 Å². The van der Waals surface area contributed by atoms with Gasteiger partial charge in [-0.05, 0) is 36.4 Å². The summed E-state index contributed by atoms with van der Waals surface area (Å²) in [7, 11) is 0. The predicted molar refractivity (Wildman–Crippen MR) is 115 cm³/mol. The molecule has 4 rings (SSSR count). The average Bonchev–Trinajstić information content (AvgIpc) is 3.19. The number of nitrogens with one attached hydrogen (secondary N) is 1. The van der Waals surface area contributed by atoms with Crippen molar-refractivity contribution in [2.24, 2.45) is 0 Å². The third kappa shape index (κ3) is 4.47. The summed E-state index contributed by atoms with van der Waals surface area (Å²) in [5, 5.41) is 12.6. The number of rotatable bonds is 6. The molecule has 0 saturated heterocycles. The van der Waals surface area contributed by atoms with Crippen molar-refractivity contribution in [3.63, 3.8) is 0 Å². The Morgan fingerprint density at radius 3 is 2.55 bits per heavy atom. The number of hydrogen-bond acceptors (Lipinski definition) is 5. The van der Waals surface area contributed by atoms with E-state index >= 15 is 0 Å². The van der Waals surface area contributed by atoms with Gasteiger partial charge in [0.15, 0.2) is 11.0 Å². The number of hydrogen-bond donors (Lipinski definition) is 1. The summed E-state index contributed by atoms with van der Waals surface area (Å²) in [6.45, 7) is 0. The number of thioether (sulfide) groups is 1. The monoisotopic (exact) mass is 421 g/mol. The van der Waals surface area contributed by atoms with Crippen LogP contribution in [0.2, 0.25) is 5.02 Å². The molecule has 4 aromatic rings. The molecule has 8 heteroatoms. The Kier molecular flexibility index (Phi) is 5.88. The molecule has 1 amide bonds. The van der Waals surface area contributed by atoms with E-state index in [0.717, 1.165) is 11.3 Å². The van der Waals surface area contributed by atoms with Crippen molar-refractivity contribution in [3.8, 4) is 17.1 Å². The van der Waals surface area contributed by atoms with Crippen LogP contribution in [0.4, 0.5) is 5.69 Å². The quantitative estimate of drug-likeness (QED) is 0.456. The number of aromatic nitrogens is 4. The number of nitrogens with zero attached hydrogens (tertiary/aromatic N) is 4. The van der Waals surface area contributed by atoms with Gasteiger partial charge in [-0.15, -0.1) is 10.2 Å². The first-order valence-corrected chi connectivity index (χ1v) is 10.2. The van der Waals surface area contributed by atoms with E-state index in [1.807, 2.05) is 59.2 Å². The molecular formula is C21H16ClN5OS. The predicted octanol–water partition coefficient (Wildman–Crippen LogP) is 4.71. The maximum Gasteiger partial charge on any atom is 0.234 e. The smallest absolute Gasteiger partial charge is 0.234 e. The summed E-state index contributed by atoms with van der Waals surface area (Å²) < 4.78 is 1.92. The van der Waals surface area contributed by atoms with Crippen molar-refractivity contribution in [3.05, 3.63) is 84.1 Å². The lowest BCUT2D eigenvalue weighted by atomic mass is 10.2. The summed E-state index contributed by atoms with van der Waals surface area (Å²) in [6.07, 6.45) is 3.45.